The molecule has 1 aromatic carbocycles. The monoisotopic (exact) mass is 405 g/mol. The Hall–Kier alpha value is -3.03. The third-order valence-corrected chi connectivity index (χ3v) is 4.26. The summed E-state index contributed by atoms with van der Waals surface area (Å²) in [5, 5.41) is 2.72. The summed E-state index contributed by atoms with van der Waals surface area (Å²) in [6, 6.07) is 9.05. The van der Waals surface area contributed by atoms with E-state index in [4.69, 9.17) is 4.74 Å². The molecular formula is C21H22F3N3O2. The summed E-state index contributed by atoms with van der Waals surface area (Å²) in [7, 11) is 0. The van der Waals surface area contributed by atoms with Crippen molar-refractivity contribution < 1.29 is 22.7 Å². The molecule has 1 amide bonds. The molecule has 3 rings (SSSR count). The van der Waals surface area contributed by atoms with Gasteiger partial charge in [0.05, 0.1) is 17.9 Å². The van der Waals surface area contributed by atoms with Gasteiger partial charge in [0.15, 0.2) is 0 Å². The molecule has 0 aliphatic heterocycles. The Labute approximate surface area is 166 Å². The van der Waals surface area contributed by atoms with E-state index in [2.05, 4.69) is 10.3 Å². The highest BCUT2D eigenvalue weighted by Crippen LogP contribution is 2.30. The second-order valence-electron chi connectivity index (χ2n) is 7.09. The summed E-state index contributed by atoms with van der Waals surface area (Å²) >= 11 is 0. The standard InChI is InChI=1S/C21H22F3N3O2/c1-4-17-19(27-11-14(21(22,23)24)5-10-18(27)26-17)20(28)25-15-6-8-16(9-7-15)29-12-13(2)3/h5-11,13H,4,12H2,1-3H3,(H,25,28). The normalized spacial score (nSPS) is 11.8. The SMILES string of the molecule is CCc1nc2ccc(C(F)(F)F)cn2c1C(=O)Nc1ccc(OCC(C)C)cc1. The summed E-state index contributed by atoms with van der Waals surface area (Å²) in [6.45, 7) is 6.46. The number of ether oxygens (including phenoxy) is 1. The maximum atomic E-state index is 13.1. The molecule has 5 nitrogen and oxygen atoms in total. The molecule has 0 aliphatic rings. The summed E-state index contributed by atoms with van der Waals surface area (Å²) < 4.78 is 46.1. The lowest BCUT2D eigenvalue weighted by molar-refractivity contribution is -0.137. The van der Waals surface area contributed by atoms with Crippen molar-refractivity contribution in [3.05, 3.63) is 59.5 Å². The molecule has 0 atom stereocenters. The van der Waals surface area contributed by atoms with Crippen molar-refractivity contribution in [1.29, 1.82) is 0 Å². The first-order valence-corrected chi connectivity index (χ1v) is 9.31. The number of halogens is 3. The zero-order valence-corrected chi connectivity index (χ0v) is 16.4. The van der Waals surface area contributed by atoms with Crippen LogP contribution in [0.3, 0.4) is 0 Å². The first-order valence-electron chi connectivity index (χ1n) is 9.31. The molecule has 0 fully saturated rings. The number of pyridine rings is 1. The number of carbonyl (C=O) groups excluding carboxylic acids is 1. The van der Waals surface area contributed by atoms with Crippen LogP contribution in [0.2, 0.25) is 0 Å². The van der Waals surface area contributed by atoms with E-state index in [1.165, 1.54) is 10.5 Å². The molecule has 0 unspecified atom stereocenters. The first-order chi connectivity index (χ1) is 13.7. The fourth-order valence-corrected chi connectivity index (χ4v) is 2.84. The third-order valence-electron chi connectivity index (χ3n) is 4.26. The second-order valence-corrected chi connectivity index (χ2v) is 7.09. The minimum atomic E-state index is -4.51. The van der Waals surface area contributed by atoms with Gasteiger partial charge < -0.3 is 10.1 Å². The average molecular weight is 405 g/mol. The number of rotatable bonds is 6. The maximum Gasteiger partial charge on any atom is 0.417 e. The Kier molecular flexibility index (Phi) is 5.81. The van der Waals surface area contributed by atoms with Crippen LogP contribution in [0.5, 0.6) is 5.75 Å². The fraction of sp³-hybridized carbons (Fsp3) is 0.333. The van der Waals surface area contributed by atoms with Crippen LogP contribution in [0.4, 0.5) is 18.9 Å². The largest absolute Gasteiger partial charge is 0.493 e. The fourth-order valence-electron chi connectivity index (χ4n) is 2.84. The van der Waals surface area contributed by atoms with Crippen LogP contribution in [0, 0.1) is 5.92 Å². The second kappa shape index (κ2) is 8.14. The van der Waals surface area contributed by atoms with Crippen LogP contribution in [0.1, 0.15) is 42.5 Å². The lowest BCUT2D eigenvalue weighted by atomic mass is 10.2. The van der Waals surface area contributed by atoms with E-state index in [0.717, 1.165) is 12.3 Å². The number of aromatic nitrogens is 2. The van der Waals surface area contributed by atoms with Crippen molar-refractivity contribution in [2.24, 2.45) is 5.92 Å². The Morgan fingerprint density at radius 3 is 2.45 bits per heavy atom. The molecule has 2 aromatic heterocycles. The first kappa shape index (κ1) is 20.7. The van der Waals surface area contributed by atoms with Crippen LogP contribution >= 0.6 is 0 Å². The quantitative estimate of drug-likeness (QED) is 0.613. The number of aryl methyl sites for hydroxylation is 1. The van der Waals surface area contributed by atoms with Gasteiger partial charge in [-0.05, 0) is 48.7 Å². The average Bonchev–Trinajstić information content (AvgIpc) is 3.04. The molecule has 2 heterocycles. The number of anilines is 1. The summed E-state index contributed by atoms with van der Waals surface area (Å²) in [5.74, 6) is 0.540. The van der Waals surface area contributed by atoms with Crippen molar-refractivity contribution in [3.63, 3.8) is 0 Å². The number of hydrogen-bond donors (Lipinski definition) is 1. The maximum absolute atomic E-state index is 13.1. The number of nitrogens with one attached hydrogen (secondary N) is 1. The number of imidazole rings is 1. The predicted octanol–water partition coefficient (Wildman–Crippen LogP) is 5.20. The lowest BCUT2D eigenvalue weighted by Gasteiger charge is -2.11. The van der Waals surface area contributed by atoms with Crippen LogP contribution in [-0.4, -0.2) is 21.9 Å². The van der Waals surface area contributed by atoms with Gasteiger partial charge in [-0.25, -0.2) is 4.98 Å². The number of benzene rings is 1. The molecule has 0 saturated heterocycles. The highest BCUT2D eigenvalue weighted by atomic mass is 19.4. The van der Waals surface area contributed by atoms with Gasteiger partial charge in [-0.3, -0.25) is 9.20 Å². The molecule has 0 aliphatic carbocycles. The van der Waals surface area contributed by atoms with E-state index in [9.17, 15) is 18.0 Å². The van der Waals surface area contributed by atoms with Gasteiger partial charge >= 0.3 is 6.18 Å². The van der Waals surface area contributed by atoms with E-state index in [1.54, 1.807) is 31.2 Å². The Morgan fingerprint density at radius 1 is 1.17 bits per heavy atom. The molecule has 1 N–H and O–H groups in total. The molecule has 154 valence electrons. The Balaban J connectivity index is 1.88. The minimum Gasteiger partial charge on any atom is -0.493 e. The molecular weight excluding hydrogens is 383 g/mol. The zero-order chi connectivity index (χ0) is 21.2. The third kappa shape index (κ3) is 4.70. The summed E-state index contributed by atoms with van der Waals surface area (Å²) in [4.78, 5) is 17.1. The van der Waals surface area contributed by atoms with Gasteiger partial charge in [0.2, 0.25) is 0 Å². The van der Waals surface area contributed by atoms with Crippen molar-refractivity contribution in [2.75, 3.05) is 11.9 Å². The van der Waals surface area contributed by atoms with E-state index < -0.39 is 17.6 Å². The highest BCUT2D eigenvalue weighted by molar-refractivity contribution is 6.04. The number of alkyl halides is 3. The van der Waals surface area contributed by atoms with Gasteiger partial charge in [0.25, 0.3) is 5.91 Å². The number of carbonyl (C=O) groups is 1. The van der Waals surface area contributed by atoms with Crippen LogP contribution in [0.25, 0.3) is 5.65 Å². The number of amides is 1. The summed E-state index contributed by atoms with van der Waals surface area (Å²) in [6.07, 6.45) is -3.20. The molecule has 29 heavy (non-hydrogen) atoms. The van der Waals surface area contributed by atoms with E-state index in [1.807, 2.05) is 13.8 Å². The van der Waals surface area contributed by atoms with Crippen LogP contribution in [-0.2, 0) is 12.6 Å². The van der Waals surface area contributed by atoms with E-state index >= 15 is 0 Å². The van der Waals surface area contributed by atoms with E-state index in [0.29, 0.717) is 36.1 Å². The summed E-state index contributed by atoms with van der Waals surface area (Å²) in [5.41, 5.74) is 0.478. The molecule has 8 heteroatoms. The van der Waals surface area contributed by atoms with Crippen LogP contribution in [0.15, 0.2) is 42.6 Å². The predicted molar refractivity (Wildman–Crippen MR) is 104 cm³/mol. The topological polar surface area (TPSA) is 55.6 Å². The van der Waals surface area contributed by atoms with Crippen molar-refractivity contribution in [2.45, 2.75) is 33.4 Å². The zero-order valence-electron chi connectivity index (χ0n) is 16.4. The van der Waals surface area contributed by atoms with Gasteiger partial charge in [0, 0.05) is 11.9 Å². The van der Waals surface area contributed by atoms with E-state index in [-0.39, 0.29) is 11.3 Å². The van der Waals surface area contributed by atoms with Gasteiger partial charge in [0.1, 0.15) is 17.1 Å². The highest BCUT2D eigenvalue weighted by Gasteiger charge is 2.31. The Bertz CT molecular complexity index is 1010. The molecule has 0 radical (unpaired) electrons. The van der Waals surface area contributed by atoms with Crippen molar-refractivity contribution >= 4 is 17.2 Å². The molecule has 0 saturated carbocycles. The lowest BCUT2D eigenvalue weighted by Crippen LogP contribution is -2.17. The smallest absolute Gasteiger partial charge is 0.417 e. The molecule has 3 aromatic rings. The number of hydrogen-bond acceptors (Lipinski definition) is 3. The number of fused-ring (bicyclic) bond motifs is 1. The minimum absolute atomic E-state index is 0.0914. The van der Waals surface area contributed by atoms with Gasteiger partial charge in [-0.2, -0.15) is 13.2 Å². The van der Waals surface area contributed by atoms with Crippen molar-refractivity contribution in [1.82, 2.24) is 9.38 Å². The van der Waals surface area contributed by atoms with Gasteiger partial charge in [-0.15, -0.1) is 0 Å². The van der Waals surface area contributed by atoms with Crippen LogP contribution < -0.4 is 10.1 Å². The van der Waals surface area contributed by atoms with Crippen molar-refractivity contribution in [3.8, 4) is 5.75 Å². The molecule has 0 bridgehead atoms. The number of nitrogens with zero attached hydrogens (tertiary/aromatic N) is 2. The molecule has 0 spiro atoms. The Morgan fingerprint density at radius 2 is 1.86 bits per heavy atom. The van der Waals surface area contributed by atoms with Gasteiger partial charge in [-0.1, -0.05) is 20.8 Å².